The highest BCUT2D eigenvalue weighted by molar-refractivity contribution is 5.85. The van der Waals surface area contributed by atoms with Crippen LogP contribution in [0, 0.1) is 11.8 Å². The number of fused-ring (bicyclic) bond motifs is 1. The molecule has 2 aromatic rings. The van der Waals surface area contributed by atoms with E-state index in [0.717, 1.165) is 25.1 Å². The number of carbonyl (C=O) groups is 1. The van der Waals surface area contributed by atoms with Crippen molar-refractivity contribution in [1.29, 1.82) is 0 Å². The quantitative estimate of drug-likeness (QED) is 0.788. The van der Waals surface area contributed by atoms with Crippen LogP contribution >= 0.6 is 0 Å². The van der Waals surface area contributed by atoms with Crippen molar-refractivity contribution in [1.82, 2.24) is 4.90 Å². The van der Waals surface area contributed by atoms with Gasteiger partial charge in [-0.1, -0.05) is 61.4 Å². The van der Waals surface area contributed by atoms with E-state index >= 15 is 0 Å². The molecule has 3 heteroatoms. The predicted octanol–water partition coefficient (Wildman–Crippen LogP) is 4.73. The number of carbonyl (C=O) groups excluding carboxylic acids is 1. The van der Waals surface area contributed by atoms with Crippen LogP contribution in [0.1, 0.15) is 49.1 Å². The van der Waals surface area contributed by atoms with E-state index in [4.69, 9.17) is 4.74 Å². The zero-order chi connectivity index (χ0) is 18.4. The molecule has 3 nitrogen and oxygen atoms in total. The van der Waals surface area contributed by atoms with E-state index in [1.54, 1.807) is 7.11 Å². The highest BCUT2D eigenvalue weighted by Gasteiger charge is 2.60. The van der Waals surface area contributed by atoms with E-state index in [9.17, 15) is 4.79 Å². The number of hydrogen-bond acceptors (Lipinski definition) is 2. The third-order valence-electron chi connectivity index (χ3n) is 7.11. The van der Waals surface area contributed by atoms with Gasteiger partial charge < -0.3 is 9.64 Å². The van der Waals surface area contributed by atoms with Gasteiger partial charge in [0.05, 0.1) is 12.6 Å². The Morgan fingerprint density at radius 1 is 1.07 bits per heavy atom. The smallest absolute Gasteiger partial charge is 0.227 e. The average molecular weight is 361 g/mol. The summed E-state index contributed by atoms with van der Waals surface area (Å²) in [4.78, 5) is 15.7. The summed E-state index contributed by atoms with van der Waals surface area (Å²) in [5.74, 6) is 2.32. The fourth-order valence-corrected chi connectivity index (χ4v) is 5.63. The number of nitrogens with zero attached hydrogens (tertiary/aromatic N) is 1. The number of hydrogen-bond donors (Lipinski definition) is 0. The summed E-state index contributed by atoms with van der Waals surface area (Å²) < 4.78 is 5.53. The Labute approximate surface area is 161 Å². The Morgan fingerprint density at radius 3 is 2.63 bits per heavy atom. The molecule has 0 spiro atoms. The Hall–Kier alpha value is -2.29. The maximum atomic E-state index is 13.5. The first kappa shape index (κ1) is 16.9. The molecule has 0 unspecified atom stereocenters. The predicted molar refractivity (Wildman–Crippen MR) is 106 cm³/mol. The van der Waals surface area contributed by atoms with E-state index in [1.807, 2.05) is 18.2 Å². The van der Waals surface area contributed by atoms with E-state index in [0.29, 0.717) is 17.7 Å². The maximum absolute atomic E-state index is 13.5. The van der Waals surface area contributed by atoms with Crippen LogP contribution in [-0.4, -0.2) is 24.5 Å². The number of benzene rings is 2. The van der Waals surface area contributed by atoms with E-state index < -0.39 is 0 Å². The van der Waals surface area contributed by atoms with Crippen LogP contribution < -0.4 is 4.74 Å². The first-order valence-corrected chi connectivity index (χ1v) is 10.3. The standard InChI is InChI=1S/C24H27NO2/c1-27-22-13-6-5-12-19(22)20-15-21(20)23(26)25-16-18-11-7-8-14-24(18,25)17-9-3-2-4-10-17/h2-6,9-10,12-13,18,20-21H,7-8,11,14-16H2,1H3/t18-,20-,21-,24+/m0/s1. The van der Waals surface area contributed by atoms with Crippen LogP contribution in [0.15, 0.2) is 54.6 Å². The molecule has 140 valence electrons. The second kappa shape index (κ2) is 6.40. The summed E-state index contributed by atoms with van der Waals surface area (Å²) in [5.41, 5.74) is 2.47. The Bertz CT molecular complexity index is 848. The highest BCUT2D eigenvalue weighted by atomic mass is 16.5. The highest BCUT2D eigenvalue weighted by Crippen LogP contribution is 2.58. The molecule has 1 amide bonds. The van der Waals surface area contributed by atoms with Gasteiger partial charge in [0.1, 0.15) is 5.75 Å². The Balaban J connectivity index is 1.41. The normalized spacial score (nSPS) is 31.6. The maximum Gasteiger partial charge on any atom is 0.227 e. The number of likely N-dealkylation sites (tertiary alicyclic amines) is 1. The topological polar surface area (TPSA) is 29.5 Å². The van der Waals surface area contributed by atoms with Crippen LogP contribution in [0.5, 0.6) is 5.75 Å². The summed E-state index contributed by atoms with van der Waals surface area (Å²) in [5, 5.41) is 0. The summed E-state index contributed by atoms with van der Waals surface area (Å²) in [6.45, 7) is 0.933. The Morgan fingerprint density at radius 2 is 1.85 bits per heavy atom. The van der Waals surface area contributed by atoms with Gasteiger partial charge in [-0.25, -0.2) is 0 Å². The molecule has 1 saturated heterocycles. The largest absolute Gasteiger partial charge is 0.496 e. The van der Waals surface area contributed by atoms with Gasteiger partial charge in [0.2, 0.25) is 5.91 Å². The molecule has 4 atom stereocenters. The van der Waals surface area contributed by atoms with Gasteiger partial charge in [0.25, 0.3) is 0 Å². The minimum absolute atomic E-state index is 0.0511. The molecule has 0 bridgehead atoms. The van der Waals surface area contributed by atoms with E-state index in [-0.39, 0.29) is 11.5 Å². The van der Waals surface area contributed by atoms with Crippen LogP contribution in [0.4, 0.5) is 0 Å². The van der Waals surface area contributed by atoms with Gasteiger partial charge in [-0.3, -0.25) is 4.79 Å². The first-order chi connectivity index (χ1) is 13.3. The van der Waals surface area contributed by atoms with Crippen LogP contribution in [-0.2, 0) is 10.3 Å². The molecule has 27 heavy (non-hydrogen) atoms. The second-order valence-corrected chi connectivity index (χ2v) is 8.37. The third-order valence-corrected chi connectivity index (χ3v) is 7.11. The van der Waals surface area contributed by atoms with Gasteiger partial charge in [-0.15, -0.1) is 0 Å². The van der Waals surface area contributed by atoms with Crippen molar-refractivity contribution >= 4 is 5.91 Å². The zero-order valence-corrected chi connectivity index (χ0v) is 15.9. The van der Waals surface area contributed by atoms with Gasteiger partial charge in [0, 0.05) is 18.4 Å². The zero-order valence-electron chi connectivity index (χ0n) is 15.9. The van der Waals surface area contributed by atoms with Gasteiger partial charge in [0.15, 0.2) is 0 Å². The molecule has 0 N–H and O–H groups in total. The van der Waals surface area contributed by atoms with Gasteiger partial charge in [-0.05, 0) is 42.4 Å². The molecule has 1 heterocycles. The minimum Gasteiger partial charge on any atom is -0.496 e. The van der Waals surface area contributed by atoms with Crippen molar-refractivity contribution in [2.75, 3.05) is 13.7 Å². The molecular formula is C24H27NO2. The lowest BCUT2D eigenvalue weighted by molar-refractivity contribution is -0.168. The van der Waals surface area contributed by atoms with Crippen molar-refractivity contribution in [2.45, 2.75) is 43.6 Å². The van der Waals surface area contributed by atoms with Crippen LogP contribution in [0.3, 0.4) is 0 Å². The first-order valence-electron chi connectivity index (χ1n) is 10.3. The van der Waals surface area contributed by atoms with Crippen molar-refractivity contribution in [3.8, 4) is 5.75 Å². The summed E-state index contributed by atoms with van der Waals surface area (Å²) in [6, 6.07) is 18.9. The van der Waals surface area contributed by atoms with Crippen molar-refractivity contribution < 1.29 is 9.53 Å². The molecule has 2 aromatic carbocycles. The molecule has 5 rings (SSSR count). The number of para-hydroxylation sites is 1. The molecule has 0 aromatic heterocycles. The fourth-order valence-electron chi connectivity index (χ4n) is 5.63. The number of ether oxygens (including phenoxy) is 1. The van der Waals surface area contributed by atoms with Gasteiger partial charge >= 0.3 is 0 Å². The summed E-state index contributed by atoms with van der Waals surface area (Å²) in [6.07, 6.45) is 5.83. The van der Waals surface area contributed by atoms with Crippen LogP contribution in [0.2, 0.25) is 0 Å². The molecule has 2 saturated carbocycles. The Kier molecular flexibility index (Phi) is 3.99. The molecular weight excluding hydrogens is 334 g/mol. The molecule has 0 radical (unpaired) electrons. The fraction of sp³-hybridized carbons (Fsp3) is 0.458. The van der Waals surface area contributed by atoms with Crippen LogP contribution in [0.25, 0.3) is 0 Å². The number of methoxy groups -OCH3 is 1. The third kappa shape index (κ3) is 2.51. The second-order valence-electron chi connectivity index (χ2n) is 8.37. The van der Waals surface area contributed by atoms with Gasteiger partial charge in [-0.2, -0.15) is 0 Å². The number of rotatable bonds is 4. The minimum atomic E-state index is -0.0511. The molecule has 3 aliphatic rings. The lowest BCUT2D eigenvalue weighted by Gasteiger charge is -2.61. The number of amides is 1. The summed E-state index contributed by atoms with van der Waals surface area (Å²) >= 11 is 0. The average Bonchev–Trinajstić information content (AvgIpc) is 3.50. The van der Waals surface area contributed by atoms with Crippen molar-refractivity contribution in [3.63, 3.8) is 0 Å². The van der Waals surface area contributed by atoms with E-state index in [2.05, 4.69) is 41.3 Å². The lowest BCUT2D eigenvalue weighted by Crippen LogP contribution is -2.68. The monoisotopic (exact) mass is 361 g/mol. The lowest BCUT2D eigenvalue weighted by atomic mass is 9.61. The van der Waals surface area contributed by atoms with Crippen molar-refractivity contribution in [3.05, 3.63) is 65.7 Å². The molecule has 3 fully saturated rings. The van der Waals surface area contributed by atoms with E-state index in [1.165, 1.54) is 30.4 Å². The SMILES string of the molecule is COc1ccccc1[C@@H]1C[C@@H]1C(=O)N1C[C@@H]2CCCC[C@@]21c1ccccc1. The summed E-state index contributed by atoms with van der Waals surface area (Å²) in [7, 11) is 1.71. The molecule has 1 aliphatic heterocycles. The van der Waals surface area contributed by atoms with Crippen molar-refractivity contribution in [2.24, 2.45) is 11.8 Å². The molecule has 2 aliphatic carbocycles.